The first-order valence-electron chi connectivity index (χ1n) is 7.72. The van der Waals surface area contributed by atoms with E-state index in [0.717, 1.165) is 6.07 Å². The Morgan fingerprint density at radius 1 is 1.15 bits per heavy atom. The summed E-state index contributed by atoms with van der Waals surface area (Å²) < 4.78 is 50.6. The number of alkyl halides is 3. The number of carbonyl (C=O) groups is 2. The summed E-state index contributed by atoms with van der Waals surface area (Å²) in [5.41, 5.74) is -2.34. The molecule has 2 rings (SSSR count). The number of hydrogen-bond acceptors (Lipinski definition) is 4. The van der Waals surface area contributed by atoms with Crippen molar-refractivity contribution in [3.63, 3.8) is 0 Å². The van der Waals surface area contributed by atoms with Crippen LogP contribution in [0, 0.1) is 0 Å². The topological polar surface area (TPSA) is 84.9 Å². The predicted molar refractivity (Wildman–Crippen MR) is 90.0 cm³/mol. The van der Waals surface area contributed by atoms with Gasteiger partial charge in [0.25, 0.3) is 0 Å². The van der Waals surface area contributed by atoms with E-state index in [0.29, 0.717) is 6.07 Å². The molecule has 2 aromatic rings. The van der Waals surface area contributed by atoms with Crippen molar-refractivity contribution in [2.45, 2.75) is 12.6 Å². The lowest BCUT2D eigenvalue weighted by atomic mass is 10.1. The third-order valence-electron chi connectivity index (χ3n) is 3.41. The Balaban J connectivity index is 2.56. The Labute approximate surface area is 152 Å². The van der Waals surface area contributed by atoms with Crippen molar-refractivity contribution in [3.8, 4) is 11.5 Å². The first kappa shape index (κ1) is 20.2. The highest BCUT2D eigenvalue weighted by molar-refractivity contribution is 5.96. The summed E-state index contributed by atoms with van der Waals surface area (Å²) in [6.07, 6.45) is -5.03. The standard InChI is InChI=1S/C18H16F3NO5/c1-26-8-7-15(23)22-14-10-11(17(24)25)9-13(18(19,20)21)16(14)27-12-5-3-2-4-6-12/h2-6,9-10H,7-8H2,1H3,(H,22,23)(H,24,25). The number of para-hydroxylation sites is 1. The van der Waals surface area contributed by atoms with E-state index in [-0.39, 0.29) is 18.8 Å². The fraction of sp³-hybridized carbons (Fsp3) is 0.222. The minimum atomic E-state index is -4.90. The Kier molecular flexibility index (Phi) is 6.40. The molecular weight excluding hydrogens is 367 g/mol. The number of benzene rings is 2. The number of methoxy groups -OCH3 is 1. The van der Waals surface area contributed by atoms with Gasteiger partial charge in [-0.2, -0.15) is 13.2 Å². The number of anilines is 1. The van der Waals surface area contributed by atoms with Gasteiger partial charge in [0.1, 0.15) is 11.3 Å². The molecule has 144 valence electrons. The number of carboxylic acid groups (broad SMARTS) is 1. The van der Waals surface area contributed by atoms with Gasteiger partial charge in [-0.3, -0.25) is 4.79 Å². The lowest BCUT2D eigenvalue weighted by Gasteiger charge is -2.19. The van der Waals surface area contributed by atoms with Crippen LogP contribution < -0.4 is 10.1 Å². The molecule has 0 heterocycles. The SMILES string of the molecule is COCCC(=O)Nc1cc(C(=O)O)cc(C(F)(F)F)c1Oc1ccccc1. The van der Waals surface area contributed by atoms with E-state index in [1.807, 2.05) is 0 Å². The number of hydrogen-bond donors (Lipinski definition) is 2. The van der Waals surface area contributed by atoms with E-state index in [2.05, 4.69) is 5.32 Å². The molecule has 0 aliphatic heterocycles. The van der Waals surface area contributed by atoms with Gasteiger partial charge in [0.05, 0.1) is 24.3 Å². The van der Waals surface area contributed by atoms with Crippen molar-refractivity contribution in [1.29, 1.82) is 0 Å². The maximum Gasteiger partial charge on any atom is 0.420 e. The zero-order valence-corrected chi connectivity index (χ0v) is 14.2. The fourth-order valence-corrected chi connectivity index (χ4v) is 2.18. The maximum absolute atomic E-state index is 13.5. The highest BCUT2D eigenvalue weighted by atomic mass is 19.4. The molecule has 0 spiro atoms. The third kappa shape index (κ3) is 5.45. The molecule has 0 bridgehead atoms. The average Bonchev–Trinajstić information content (AvgIpc) is 2.61. The van der Waals surface area contributed by atoms with Crippen LogP contribution in [0.25, 0.3) is 0 Å². The fourth-order valence-electron chi connectivity index (χ4n) is 2.18. The van der Waals surface area contributed by atoms with Gasteiger partial charge in [0.2, 0.25) is 5.91 Å². The van der Waals surface area contributed by atoms with Crippen molar-refractivity contribution in [2.75, 3.05) is 19.0 Å². The van der Waals surface area contributed by atoms with E-state index in [9.17, 15) is 22.8 Å². The molecule has 2 aromatic carbocycles. The van der Waals surface area contributed by atoms with Gasteiger partial charge < -0.3 is 19.9 Å². The van der Waals surface area contributed by atoms with Crippen molar-refractivity contribution < 1.29 is 37.3 Å². The van der Waals surface area contributed by atoms with Crippen LogP contribution >= 0.6 is 0 Å². The van der Waals surface area contributed by atoms with E-state index >= 15 is 0 Å². The molecule has 6 nitrogen and oxygen atoms in total. The third-order valence-corrected chi connectivity index (χ3v) is 3.41. The maximum atomic E-state index is 13.5. The quantitative estimate of drug-likeness (QED) is 0.750. The monoisotopic (exact) mass is 383 g/mol. The largest absolute Gasteiger partial charge is 0.478 e. The zero-order chi connectivity index (χ0) is 20.0. The van der Waals surface area contributed by atoms with Crippen molar-refractivity contribution >= 4 is 17.6 Å². The number of carbonyl (C=O) groups excluding carboxylic acids is 1. The molecule has 27 heavy (non-hydrogen) atoms. The van der Waals surface area contributed by atoms with Crippen LogP contribution in [0.15, 0.2) is 42.5 Å². The van der Waals surface area contributed by atoms with E-state index in [1.165, 1.54) is 19.2 Å². The molecule has 0 radical (unpaired) electrons. The molecule has 0 saturated carbocycles. The second kappa shape index (κ2) is 8.54. The molecule has 2 N–H and O–H groups in total. The average molecular weight is 383 g/mol. The normalized spacial score (nSPS) is 11.1. The number of halogens is 3. The summed E-state index contributed by atoms with van der Waals surface area (Å²) in [7, 11) is 1.37. The van der Waals surface area contributed by atoms with E-state index < -0.39 is 40.6 Å². The van der Waals surface area contributed by atoms with Crippen molar-refractivity contribution in [2.24, 2.45) is 0 Å². The second-order valence-corrected chi connectivity index (χ2v) is 5.41. The molecular formula is C18H16F3NO5. The van der Waals surface area contributed by atoms with Gasteiger partial charge in [-0.25, -0.2) is 4.79 Å². The molecule has 9 heteroatoms. The predicted octanol–water partition coefficient (Wildman–Crippen LogP) is 4.17. The molecule has 0 aromatic heterocycles. The molecule has 0 aliphatic rings. The highest BCUT2D eigenvalue weighted by Gasteiger charge is 2.37. The van der Waals surface area contributed by atoms with Crippen LogP contribution in [0.3, 0.4) is 0 Å². The number of rotatable bonds is 7. The van der Waals surface area contributed by atoms with E-state index in [1.54, 1.807) is 18.2 Å². The van der Waals surface area contributed by atoms with Gasteiger partial charge in [-0.05, 0) is 24.3 Å². The number of amides is 1. The minimum Gasteiger partial charge on any atom is -0.478 e. The summed E-state index contributed by atoms with van der Waals surface area (Å²) in [6.45, 7) is 0.0471. The molecule has 1 amide bonds. The summed E-state index contributed by atoms with van der Waals surface area (Å²) in [6, 6.07) is 9.02. The van der Waals surface area contributed by atoms with Crippen LogP contribution in [0.1, 0.15) is 22.3 Å². The number of ether oxygens (including phenoxy) is 2. The highest BCUT2D eigenvalue weighted by Crippen LogP contribution is 2.43. The summed E-state index contributed by atoms with van der Waals surface area (Å²) >= 11 is 0. The van der Waals surface area contributed by atoms with Gasteiger partial charge >= 0.3 is 12.1 Å². The second-order valence-electron chi connectivity index (χ2n) is 5.41. The van der Waals surface area contributed by atoms with E-state index in [4.69, 9.17) is 14.6 Å². The van der Waals surface area contributed by atoms with Gasteiger partial charge in [-0.1, -0.05) is 18.2 Å². The Morgan fingerprint density at radius 3 is 2.37 bits per heavy atom. The lowest BCUT2D eigenvalue weighted by molar-refractivity contribution is -0.138. The number of aromatic carboxylic acids is 1. The van der Waals surface area contributed by atoms with Gasteiger partial charge in [0.15, 0.2) is 5.75 Å². The lowest BCUT2D eigenvalue weighted by Crippen LogP contribution is -2.17. The van der Waals surface area contributed by atoms with Crippen LogP contribution in [-0.4, -0.2) is 30.7 Å². The molecule has 0 aliphatic carbocycles. The van der Waals surface area contributed by atoms with Crippen LogP contribution in [-0.2, 0) is 15.7 Å². The number of nitrogens with one attached hydrogen (secondary N) is 1. The van der Waals surface area contributed by atoms with Crippen LogP contribution in [0.2, 0.25) is 0 Å². The first-order chi connectivity index (χ1) is 12.7. The summed E-state index contributed by atoms with van der Waals surface area (Å²) in [5, 5.41) is 11.4. The molecule has 0 unspecified atom stereocenters. The summed E-state index contributed by atoms with van der Waals surface area (Å²) in [5.74, 6) is -2.81. The van der Waals surface area contributed by atoms with Gasteiger partial charge in [-0.15, -0.1) is 0 Å². The first-order valence-corrected chi connectivity index (χ1v) is 7.72. The smallest absolute Gasteiger partial charge is 0.420 e. The van der Waals surface area contributed by atoms with Crippen LogP contribution in [0.5, 0.6) is 11.5 Å². The number of carboxylic acids is 1. The van der Waals surface area contributed by atoms with Crippen molar-refractivity contribution in [3.05, 3.63) is 53.6 Å². The van der Waals surface area contributed by atoms with Gasteiger partial charge in [0, 0.05) is 7.11 Å². The minimum absolute atomic E-state index is 0.0471. The molecule has 0 atom stereocenters. The summed E-state index contributed by atoms with van der Waals surface area (Å²) in [4.78, 5) is 23.2. The Hall–Kier alpha value is -3.07. The van der Waals surface area contributed by atoms with Crippen LogP contribution in [0.4, 0.5) is 18.9 Å². The van der Waals surface area contributed by atoms with Crippen molar-refractivity contribution in [1.82, 2.24) is 0 Å². The molecule has 0 saturated heterocycles. The Bertz CT molecular complexity index is 822. The zero-order valence-electron chi connectivity index (χ0n) is 14.2. The Morgan fingerprint density at radius 2 is 1.81 bits per heavy atom. The molecule has 0 fully saturated rings.